The molecule has 1 aromatic carbocycles. The second kappa shape index (κ2) is 4.22. The molecule has 0 atom stereocenters. The predicted molar refractivity (Wildman–Crippen MR) is 52.7 cm³/mol. The second-order valence-corrected chi connectivity index (χ2v) is 2.92. The average molecular weight is 146 g/mol. The van der Waals surface area contributed by atoms with Crippen molar-refractivity contribution in [1.82, 2.24) is 0 Å². The van der Waals surface area contributed by atoms with Gasteiger partial charge < -0.3 is 0 Å². The van der Waals surface area contributed by atoms with E-state index >= 15 is 0 Å². The molecular formula is C10H15B. The SMILES string of the molecule is BCc1ccc(CCC)cc1. The normalized spacial score (nSPS) is 9.91. The van der Waals surface area contributed by atoms with Crippen molar-refractivity contribution in [2.45, 2.75) is 26.1 Å². The highest BCUT2D eigenvalue weighted by atomic mass is 13.9. The van der Waals surface area contributed by atoms with Gasteiger partial charge in [0.25, 0.3) is 0 Å². The first-order valence-corrected chi connectivity index (χ1v) is 4.44. The lowest BCUT2D eigenvalue weighted by Crippen LogP contribution is -1.86. The summed E-state index contributed by atoms with van der Waals surface area (Å²) in [4.78, 5) is 0. The highest BCUT2D eigenvalue weighted by Crippen LogP contribution is 2.05. The number of aryl methyl sites for hydroxylation is 1. The average Bonchev–Trinajstić information content (AvgIpc) is 2.07. The summed E-state index contributed by atoms with van der Waals surface area (Å²) in [6, 6.07) is 8.93. The molecule has 1 aromatic rings. The molecule has 0 saturated heterocycles. The Bertz CT molecular complexity index is 201. The first-order chi connectivity index (χ1) is 5.36. The largest absolute Gasteiger partial charge is 0.107 e. The molecule has 0 aliphatic rings. The van der Waals surface area contributed by atoms with E-state index in [-0.39, 0.29) is 0 Å². The third-order valence-corrected chi connectivity index (χ3v) is 1.97. The highest BCUT2D eigenvalue weighted by Gasteiger charge is 1.90. The van der Waals surface area contributed by atoms with Crippen molar-refractivity contribution in [2.75, 3.05) is 0 Å². The summed E-state index contributed by atoms with van der Waals surface area (Å²) in [5.41, 5.74) is 2.90. The zero-order valence-electron chi connectivity index (χ0n) is 7.43. The monoisotopic (exact) mass is 146 g/mol. The number of hydrogen-bond donors (Lipinski definition) is 0. The van der Waals surface area contributed by atoms with Crippen molar-refractivity contribution in [1.29, 1.82) is 0 Å². The van der Waals surface area contributed by atoms with Gasteiger partial charge in [-0.3, -0.25) is 0 Å². The summed E-state index contributed by atoms with van der Waals surface area (Å²) in [7, 11) is 2.19. The molecule has 58 valence electrons. The standard InChI is InChI=1S/C10H15B/c1-2-3-9-4-6-10(8-11)7-5-9/h4-7H,2-3,8,11H2,1H3. The molecule has 0 aromatic heterocycles. The quantitative estimate of drug-likeness (QED) is 0.570. The van der Waals surface area contributed by atoms with Crippen molar-refractivity contribution in [3.63, 3.8) is 0 Å². The second-order valence-electron chi connectivity index (χ2n) is 2.92. The molecule has 0 N–H and O–H groups in total. The van der Waals surface area contributed by atoms with Crippen LogP contribution in [0.4, 0.5) is 0 Å². The molecule has 0 fully saturated rings. The van der Waals surface area contributed by atoms with Gasteiger partial charge in [0, 0.05) is 0 Å². The Kier molecular flexibility index (Phi) is 3.22. The van der Waals surface area contributed by atoms with Crippen molar-refractivity contribution < 1.29 is 0 Å². The van der Waals surface area contributed by atoms with E-state index in [1.165, 1.54) is 24.0 Å². The molecule has 0 spiro atoms. The number of benzene rings is 1. The first kappa shape index (κ1) is 8.38. The van der Waals surface area contributed by atoms with Crippen LogP contribution in [-0.2, 0) is 12.7 Å². The zero-order chi connectivity index (χ0) is 8.10. The van der Waals surface area contributed by atoms with Gasteiger partial charge in [0.05, 0.1) is 0 Å². The van der Waals surface area contributed by atoms with Crippen LogP contribution in [0.3, 0.4) is 0 Å². The Morgan fingerprint density at radius 2 is 1.64 bits per heavy atom. The van der Waals surface area contributed by atoms with Crippen molar-refractivity contribution in [2.24, 2.45) is 0 Å². The Morgan fingerprint density at radius 1 is 1.09 bits per heavy atom. The lowest BCUT2D eigenvalue weighted by Gasteiger charge is -1.99. The van der Waals surface area contributed by atoms with E-state index in [1.54, 1.807) is 0 Å². The topological polar surface area (TPSA) is 0 Å². The fourth-order valence-corrected chi connectivity index (χ4v) is 1.23. The van der Waals surface area contributed by atoms with Gasteiger partial charge in [-0.15, -0.1) is 0 Å². The molecule has 0 bridgehead atoms. The van der Waals surface area contributed by atoms with Crippen LogP contribution in [0, 0.1) is 0 Å². The van der Waals surface area contributed by atoms with Gasteiger partial charge in [0.1, 0.15) is 7.85 Å². The van der Waals surface area contributed by atoms with Crippen LogP contribution in [0.15, 0.2) is 24.3 Å². The van der Waals surface area contributed by atoms with Gasteiger partial charge in [-0.2, -0.15) is 0 Å². The van der Waals surface area contributed by atoms with Gasteiger partial charge in [-0.25, -0.2) is 0 Å². The van der Waals surface area contributed by atoms with Crippen LogP contribution in [0.25, 0.3) is 0 Å². The van der Waals surface area contributed by atoms with Crippen LogP contribution >= 0.6 is 0 Å². The maximum absolute atomic E-state index is 2.24. The van der Waals surface area contributed by atoms with E-state index in [9.17, 15) is 0 Å². The molecule has 0 aliphatic carbocycles. The van der Waals surface area contributed by atoms with Gasteiger partial charge in [-0.05, 0) is 12.0 Å². The summed E-state index contributed by atoms with van der Waals surface area (Å²) in [5.74, 6) is 0. The van der Waals surface area contributed by atoms with Crippen LogP contribution in [0.5, 0.6) is 0 Å². The van der Waals surface area contributed by atoms with Crippen LogP contribution in [0.1, 0.15) is 24.5 Å². The van der Waals surface area contributed by atoms with Gasteiger partial charge in [-0.1, -0.05) is 49.5 Å². The minimum Gasteiger partial charge on any atom is -0.0651 e. The number of hydrogen-bond acceptors (Lipinski definition) is 0. The molecular weight excluding hydrogens is 131 g/mol. The van der Waals surface area contributed by atoms with Crippen LogP contribution in [0.2, 0.25) is 0 Å². The van der Waals surface area contributed by atoms with Crippen molar-refractivity contribution >= 4 is 7.85 Å². The highest BCUT2D eigenvalue weighted by molar-refractivity contribution is 6.08. The first-order valence-electron chi connectivity index (χ1n) is 4.44. The lowest BCUT2D eigenvalue weighted by molar-refractivity contribution is 0.921. The minimum atomic E-state index is 1.15. The minimum absolute atomic E-state index is 1.15. The van der Waals surface area contributed by atoms with Gasteiger partial charge in [0.15, 0.2) is 0 Å². The molecule has 0 radical (unpaired) electrons. The molecule has 0 unspecified atom stereocenters. The van der Waals surface area contributed by atoms with E-state index in [4.69, 9.17) is 0 Å². The smallest absolute Gasteiger partial charge is 0.0651 e. The summed E-state index contributed by atoms with van der Waals surface area (Å²) < 4.78 is 0. The van der Waals surface area contributed by atoms with Gasteiger partial charge >= 0.3 is 0 Å². The summed E-state index contributed by atoms with van der Waals surface area (Å²) in [6.07, 6.45) is 3.60. The Labute approximate surface area is 70.0 Å². The Morgan fingerprint density at radius 3 is 2.09 bits per heavy atom. The van der Waals surface area contributed by atoms with Crippen LogP contribution < -0.4 is 0 Å². The van der Waals surface area contributed by atoms with Crippen LogP contribution in [-0.4, -0.2) is 7.85 Å². The molecule has 0 aliphatic heterocycles. The molecule has 0 saturated carbocycles. The summed E-state index contributed by atoms with van der Waals surface area (Å²) in [5, 5.41) is 0. The van der Waals surface area contributed by atoms with Crippen molar-refractivity contribution in [3.05, 3.63) is 35.4 Å². The van der Waals surface area contributed by atoms with Crippen molar-refractivity contribution in [3.8, 4) is 0 Å². The molecule has 0 amide bonds. The fourth-order valence-electron chi connectivity index (χ4n) is 1.23. The maximum Gasteiger partial charge on any atom is 0.107 e. The van der Waals surface area contributed by atoms with Gasteiger partial charge in [0.2, 0.25) is 0 Å². The Balaban J connectivity index is 2.66. The molecule has 1 rings (SSSR count). The third kappa shape index (κ3) is 2.41. The Hall–Kier alpha value is -0.715. The molecule has 0 nitrogen and oxygen atoms in total. The molecule has 0 heterocycles. The lowest BCUT2D eigenvalue weighted by atomic mass is 9.96. The van der Waals surface area contributed by atoms with E-state index in [2.05, 4.69) is 39.0 Å². The molecule has 1 heteroatoms. The fraction of sp³-hybridized carbons (Fsp3) is 0.400. The van der Waals surface area contributed by atoms with E-state index in [1.807, 2.05) is 0 Å². The zero-order valence-corrected chi connectivity index (χ0v) is 7.43. The number of rotatable bonds is 3. The van der Waals surface area contributed by atoms with E-state index < -0.39 is 0 Å². The predicted octanol–water partition coefficient (Wildman–Crippen LogP) is 1.77. The van der Waals surface area contributed by atoms with E-state index in [0.29, 0.717) is 0 Å². The van der Waals surface area contributed by atoms with E-state index in [0.717, 1.165) is 6.32 Å². The third-order valence-electron chi connectivity index (χ3n) is 1.97. The summed E-state index contributed by atoms with van der Waals surface area (Å²) in [6.45, 7) is 2.22. The summed E-state index contributed by atoms with van der Waals surface area (Å²) >= 11 is 0. The molecule has 11 heavy (non-hydrogen) atoms. The maximum atomic E-state index is 2.24.